The van der Waals surface area contributed by atoms with Gasteiger partial charge >= 0.3 is 6.03 Å². The van der Waals surface area contributed by atoms with E-state index in [0.29, 0.717) is 49.1 Å². The summed E-state index contributed by atoms with van der Waals surface area (Å²) >= 11 is 0. The Morgan fingerprint density at radius 1 is 1.10 bits per heavy atom. The summed E-state index contributed by atoms with van der Waals surface area (Å²) in [5.74, 6) is 2.13. The Labute approximate surface area is 169 Å². The van der Waals surface area contributed by atoms with Gasteiger partial charge in [0, 0.05) is 26.2 Å². The molecule has 3 aromatic rings. The first-order valence-corrected chi connectivity index (χ1v) is 9.47. The van der Waals surface area contributed by atoms with Crippen molar-refractivity contribution in [2.45, 2.75) is 6.92 Å². The van der Waals surface area contributed by atoms with Gasteiger partial charge in [0.15, 0.2) is 11.6 Å². The van der Waals surface area contributed by atoms with Crippen molar-refractivity contribution in [1.29, 1.82) is 0 Å². The molecule has 8 nitrogen and oxygen atoms in total. The van der Waals surface area contributed by atoms with Crippen molar-refractivity contribution in [3.63, 3.8) is 0 Å². The van der Waals surface area contributed by atoms with Crippen LogP contribution < -0.4 is 15.0 Å². The molecule has 0 bridgehead atoms. The van der Waals surface area contributed by atoms with Crippen LogP contribution in [0.4, 0.5) is 16.3 Å². The Bertz CT molecular complexity index is 964. The number of amides is 2. The van der Waals surface area contributed by atoms with Crippen molar-refractivity contribution in [1.82, 2.24) is 15.1 Å². The molecule has 0 radical (unpaired) electrons. The molecule has 1 aliphatic rings. The Hall–Kier alpha value is -3.55. The van der Waals surface area contributed by atoms with Gasteiger partial charge in [-0.15, -0.1) is 10.2 Å². The minimum absolute atomic E-state index is 0.132. The third-order valence-electron chi connectivity index (χ3n) is 4.91. The number of ether oxygens (including phenoxy) is 1. The summed E-state index contributed by atoms with van der Waals surface area (Å²) in [5.41, 5.74) is 2.44. The monoisotopic (exact) mass is 393 g/mol. The van der Waals surface area contributed by atoms with Crippen molar-refractivity contribution < 1.29 is 13.9 Å². The topological polar surface area (TPSA) is 83.7 Å². The molecule has 0 spiro atoms. The summed E-state index contributed by atoms with van der Waals surface area (Å²) < 4.78 is 10.7. The number of hydrogen-bond acceptors (Lipinski definition) is 6. The number of nitrogens with one attached hydrogen (secondary N) is 1. The van der Waals surface area contributed by atoms with Gasteiger partial charge in [0.1, 0.15) is 11.4 Å². The Morgan fingerprint density at radius 2 is 1.93 bits per heavy atom. The minimum Gasteiger partial charge on any atom is -0.495 e. The first kappa shape index (κ1) is 18.8. The van der Waals surface area contributed by atoms with Crippen LogP contribution >= 0.6 is 0 Å². The average Bonchev–Trinajstić information content (AvgIpc) is 3.29. The Kier molecular flexibility index (Phi) is 5.33. The number of anilines is 2. The normalized spacial score (nSPS) is 14.0. The van der Waals surface area contributed by atoms with Gasteiger partial charge in [0.25, 0.3) is 0 Å². The van der Waals surface area contributed by atoms with Crippen molar-refractivity contribution in [3.8, 4) is 17.2 Å². The number of carbonyl (C=O) groups is 1. The van der Waals surface area contributed by atoms with Crippen LogP contribution in [0.25, 0.3) is 11.5 Å². The molecular weight excluding hydrogens is 370 g/mol. The molecule has 1 aliphatic heterocycles. The van der Waals surface area contributed by atoms with Gasteiger partial charge in [-0.2, -0.15) is 0 Å². The number of aromatic nitrogens is 2. The number of nitrogens with zero attached hydrogens (tertiary/aromatic N) is 4. The molecule has 4 rings (SSSR count). The molecule has 8 heteroatoms. The van der Waals surface area contributed by atoms with Gasteiger partial charge < -0.3 is 24.3 Å². The van der Waals surface area contributed by atoms with E-state index in [2.05, 4.69) is 20.4 Å². The minimum atomic E-state index is -0.132. The van der Waals surface area contributed by atoms with E-state index in [1.165, 1.54) is 0 Å². The first-order valence-electron chi connectivity index (χ1n) is 9.47. The molecule has 1 saturated heterocycles. The fourth-order valence-electron chi connectivity index (χ4n) is 3.30. The molecule has 0 saturated carbocycles. The summed E-state index contributed by atoms with van der Waals surface area (Å²) in [6.45, 7) is 4.55. The third-order valence-corrected chi connectivity index (χ3v) is 4.91. The molecular formula is C21H23N5O3. The van der Waals surface area contributed by atoms with Gasteiger partial charge in [-0.3, -0.25) is 0 Å². The van der Waals surface area contributed by atoms with Crippen molar-refractivity contribution in [3.05, 3.63) is 54.3 Å². The van der Waals surface area contributed by atoms with E-state index in [9.17, 15) is 4.79 Å². The standard InChI is InChI=1S/C21H23N5O3/c1-15-5-7-18(28-2)17(14-15)22-21(27)26-11-9-25(10-12-26)20-8-6-16(23-24-20)19-4-3-13-29-19/h3-8,13-14H,9-12H2,1-2H3,(H,22,27). The van der Waals surface area contributed by atoms with Crippen LogP contribution in [0.3, 0.4) is 0 Å². The predicted molar refractivity (Wildman–Crippen MR) is 110 cm³/mol. The van der Waals surface area contributed by atoms with Gasteiger partial charge in [-0.05, 0) is 48.9 Å². The number of carbonyl (C=O) groups excluding carboxylic acids is 1. The van der Waals surface area contributed by atoms with Crippen molar-refractivity contribution in [2.75, 3.05) is 43.5 Å². The van der Waals surface area contributed by atoms with Gasteiger partial charge in [-0.1, -0.05) is 6.07 Å². The average molecular weight is 393 g/mol. The van der Waals surface area contributed by atoms with Crippen LogP contribution in [0.1, 0.15) is 5.56 Å². The highest BCUT2D eigenvalue weighted by atomic mass is 16.5. The third kappa shape index (κ3) is 4.16. The smallest absolute Gasteiger partial charge is 0.322 e. The van der Waals surface area contributed by atoms with E-state index in [-0.39, 0.29) is 6.03 Å². The second kappa shape index (κ2) is 8.22. The highest BCUT2D eigenvalue weighted by molar-refractivity contribution is 5.91. The number of hydrogen-bond donors (Lipinski definition) is 1. The number of aryl methyl sites for hydroxylation is 1. The molecule has 150 valence electrons. The fraction of sp³-hybridized carbons (Fsp3) is 0.286. The molecule has 3 heterocycles. The molecule has 1 aromatic carbocycles. The second-order valence-corrected chi connectivity index (χ2v) is 6.86. The SMILES string of the molecule is COc1ccc(C)cc1NC(=O)N1CCN(c2ccc(-c3ccco3)nn2)CC1. The molecule has 0 atom stereocenters. The number of furan rings is 1. The molecule has 2 amide bonds. The Morgan fingerprint density at radius 3 is 2.59 bits per heavy atom. The lowest BCUT2D eigenvalue weighted by Gasteiger charge is -2.35. The van der Waals surface area contributed by atoms with E-state index in [1.807, 2.05) is 49.4 Å². The zero-order valence-corrected chi connectivity index (χ0v) is 16.5. The summed E-state index contributed by atoms with van der Waals surface area (Å²) in [4.78, 5) is 16.6. The first-order chi connectivity index (χ1) is 14.1. The van der Waals surface area contributed by atoms with E-state index < -0.39 is 0 Å². The molecule has 1 fully saturated rings. The number of piperazine rings is 1. The van der Waals surface area contributed by atoms with E-state index in [4.69, 9.17) is 9.15 Å². The van der Waals surface area contributed by atoms with Crippen LogP contribution in [-0.4, -0.2) is 54.4 Å². The molecule has 2 aromatic heterocycles. The zero-order chi connectivity index (χ0) is 20.2. The molecule has 0 aliphatic carbocycles. The van der Waals surface area contributed by atoms with Crippen LogP contribution in [0, 0.1) is 6.92 Å². The van der Waals surface area contributed by atoms with Crippen LogP contribution in [0.2, 0.25) is 0 Å². The summed E-state index contributed by atoms with van der Waals surface area (Å²) in [5, 5.41) is 11.5. The highest BCUT2D eigenvalue weighted by Crippen LogP contribution is 2.26. The van der Waals surface area contributed by atoms with E-state index in [0.717, 1.165) is 11.4 Å². The maximum Gasteiger partial charge on any atom is 0.322 e. The second-order valence-electron chi connectivity index (χ2n) is 6.86. The van der Waals surface area contributed by atoms with E-state index >= 15 is 0 Å². The highest BCUT2D eigenvalue weighted by Gasteiger charge is 2.23. The van der Waals surface area contributed by atoms with E-state index in [1.54, 1.807) is 18.3 Å². The molecule has 0 unspecified atom stereocenters. The maximum atomic E-state index is 12.7. The predicted octanol–water partition coefficient (Wildman–Crippen LogP) is 3.41. The molecule has 1 N–H and O–H groups in total. The summed E-state index contributed by atoms with van der Waals surface area (Å²) in [6.07, 6.45) is 1.61. The molecule has 29 heavy (non-hydrogen) atoms. The van der Waals surface area contributed by atoms with Gasteiger partial charge in [0.05, 0.1) is 19.1 Å². The van der Waals surface area contributed by atoms with Crippen LogP contribution in [-0.2, 0) is 0 Å². The maximum absolute atomic E-state index is 12.7. The number of benzene rings is 1. The van der Waals surface area contributed by atoms with Gasteiger partial charge in [-0.25, -0.2) is 4.79 Å². The van der Waals surface area contributed by atoms with Crippen LogP contribution in [0.5, 0.6) is 5.75 Å². The summed E-state index contributed by atoms with van der Waals surface area (Å²) in [7, 11) is 1.59. The number of rotatable bonds is 4. The fourth-order valence-corrected chi connectivity index (χ4v) is 3.30. The zero-order valence-electron chi connectivity index (χ0n) is 16.5. The quantitative estimate of drug-likeness (QED) is 0.731. The largest absolute Gasteiger partial charge is 0.495 e. The Balaban J connectivity index is 1.35. The lowest BCUT2D eigenvalue weighted by Crippen LogP contribution is -2.50. The summed E-state index contributed by atoms with van der Waals surface area (Å²) in [6, 6.07) is 13.1. The van der Waals surface area contributed by atoms with Crippen molar-refractivity contribution >= 4 is 17.5 Å². The van der Waals surface area contributed by atoms with Crippen molar-refractivity contribution in [2.24, 2.45) is 0 Å². The number of methoxy groups -OCH3 is 1. The van der Waals surface area contributed by atoms with Gasteiger partial charge in [0.2, 0.25) is 0 Å². The lowest BCUT2D eigenvalue weighted by molar-refractivity contribution is 0.208. The van der Waals surface area contributed by atoms with Crippen LogP contribution in [0.15, 0.2) is 53.1 Å². The number of urea groups is 1. The lowest BCUT2D eigenvalue weighted by atomic mass is 10.2.